The summed E-state index contributed by atoms with van der Waals surface area (Å²) in [5.74, 6) is 0.874. The predicted octanol–water partition coefficient (Wildman–Crippen LogP) is 6.17. The number of nitrogens with zero attached hydrogens (tertiary/aromatic N) is 2. The summed E-state index contributed by atoms with van der Waals surface area (Å²) in [6.45, 7) is 11.1. The maximum absolute atomic E-state index is 10.2. The van der Waals surface area contributed by atoms with E-state index in [0.29, 0.717) is 5.76 Å². The first-order chi connectivity index (χ1) is 15.6. The van der Waals surface area contributed by atoms with E-state index in [1.165, 1.54) is 28.8 Å². The van der Waals surface area contributed by atoms with Gasteiger partial charge in [0.1, 0.15) is 12.6 Å². The number of benzene rings is 1. The largest absolute Gasteiger partial charge is 0.512 e. The standard InChI is InChI=1S/C29H31N2O/c1-4-19-30(3)29(21(2)12-11-14-22-13-5-8-18-26(22)32)27-24-16-7-6-15-23(24)25-17-9-10-20-31(25)28(27)29/h4,6-7,9-12,15-17,19-20,27-28H,2-3,5,8,13-14,18H2,1H3/q+1/p+1/b12-11-,19-4-. The Balaban J connectivity index is 1.56. The second-order valence-corrected chi connectivity index (χ2v) is 9.17. The van der Waals surface area contributed by atoms with Crippen molar-refractivity contribution in [2.45, 2.75) is 56.5 Å². The Morgan fingerprint density at radius 1 is 1.19 bits per heavy atom. The van der Waals surface area contributed by atoms with Crippen LogP contribution in [0.1, 0.15) is 56.6 Å². The highest BCUT2D eigenvalue weighted by Gasteiger charge is 2.83. The molecule has 0 spiro atoms. The average Bonchev–Trinajstić information content (AvgIpc) is 3.53. The first-order valence-electron chi connectivity index (χ1n) is 11.7. The van der Waals surface area contributed by atoms with Gasteiger partial charge < -0.3 is 5.11 Å². The van der Waals surface area contributed by atoms with E-state index in [9.17, 15) is 5.11 Å². The Hall–Kier alpha value is -3.20. The van der Waals surface area contributed by atoms with E-state index in [4.69, 9.17) is 0 Å². The lowest BCUT2D eigenvalue weighted by Gasteiger charge is -2.15. The number of allylic oxidation sites excluding steroid dienone is 4. The molecule has 3 nitrogen and oxygen atoms in total. The van der Waals surface area contributed by atoms with E-state index in [-0.39, 0.29) is 17.5 Å². The zero-order chi connectivity index (χ0) is 22.3. The minimum Gasteiger partial charge on any atom is -0.512 e. The predicted molar refractivity (Wildman–Crippen MR) is 130 cm³/mol. The molecule has 1 saturated carbocycles. The Kier molecular flexibility index (Phi) is 5.21. The highest BCUT2D eigenvalue weighted by Crippen LogP contribution is 2.67. The summed E-state index contributed by atoms with van der Waals surface area (Å²) in [6.07, 6.45) is 15.5. The molecule has 3 aliphatic rings. The molecule has 0 bridgehead atoms. The molecule has 1 aliphatic heterocycles. The van der Waals surface area contributed by atoms with Gasteiger partial charge >= 0.3 is 0 Å². The van der Waals surface area contributed by atoms with Gasteiger partial charge in [0.25, 0.3) is 5.54 Å². The topological polar surface area (TPSA) is 27.1 Å². The number of aliphatic hydroxyl groups is 1. The molecule has 0 amide bonds. The summed E-state index contributed by atoms with van der Waals surface area (Å²) in [5.41, 5.74) is 5.82. The minimum absolute atomic E-state index is 0.238. The van der Waals surface area contributed by atoms with Crippen LogP contribution in [-0.4, -0.2) is 21.9 Å². The van der Waals surface area contributed by atoms with Crippen LogP contribution in [0.5, 0.6) is 0 Å². The third kappa shape index (κ3) is 3.02. The van der Waals surface area contributed by atoms with E-state index in [1.54, 1.807) is 0 Å². The van der Waals surface area contributed by atoms with Gasteiger partial charge in [-0.1, -0.05) is 36.9 Å². The third-order valence-electron chi connectivity index (χ3n) is 7.45. The van der Waals surface area contributed by atoms with E-state index < -0.39 is 0 Å². The molecule has 2 heterocycles. The summed E-state index contributed by atoms with van der Waals surface area (Å²) in [6, 6.07) is 15.4. The van der Waals surface area contributed by atoms with Gasteiger partial charge in [0.05, 0.1) is 11.3 Å². The van der Waals surface area contributed by atoms with Gasteiger partial charge in [0.15, 0.2) is 12.4 Å². The molecule has 3 unspecified atom stereocenters. The maximum atomic E-state index is 10.2. The molecule has 1 aromatic carbocycles. The van der Waals surface area contributed by atoms with Crippen LogP contribution < -0.4 is 4.57 Å². The molecule has 1 N–H and O–H groups in total. The van der Waals surface area contributed by atoms with E-state index >= 15 is 0 Å². The molecule has 0 saturated heterocycles. The van der Waals surface area contributed by atoms with Gasteiger partial charge in [-0.3, -0.25) is 0 Å². The summed E-state index contributed by atoms with van der Waals surface area (Å²) >= 11 is 0. The van der Waals surface area contributed by atoms with Gasteiger partial charge in [0.2, 0.25) is 11.7 Å². The van der Waals surface area contributed by atoms with E-state index in [1.807, 2.05) is 13.0 Å². The lowest BCUT2D eigenvalue weighted by Crippen LogP contribution is -2.42. The van der Waals surface area contributed by atoms with Crippen LogP contribution >= 0.6 is 0 Å². The molecule has 3 atom stereocenters. The Labute approximate surface area is 191 Å². The second kappa shape index (κ2) is 8.05. The van der Waals surface area contributed by atoms with Crippen molar-refractivity contribution in [1.29, 1.82) is 0 Å². The zero-order valence-electron chi connectivity index (χ0n) is 18.9. The smallest absolute Gasteiger partial charge is 0.267 e. The first-order valence-corrected chi connectivity index (χ1v) is 11.7. The van der Waals surface area contributed by atoms with Crippen LogP contribution in [-0.2, 0) is 0 Å². The van der Waals surface area contributed by atoms with Gasteiger partial charge in [-0.05, 0) is 62.0 Å². The third-order valence-corrected chi connectivity index (χ3v) is 7.45. The number of pyridine rings is 1. The maximum Gasteiger partial charge on any atom is 0.267 e. The van der Waals surface area contributed by atoms with Gasteiger partial charge in [0, 0.05) is 24.1 Å². The van der Waals surface area contributed by atoms with Crippen molar-refractivity contribution >= 4 is 6.72 Å². The van der Waals surface area contributed by atoms with Crippen LogP contribution in [0.2, 0.25) is 0 Å². The summed E-state index contributed by atoms with van der Waals surface area (Å²) in [7, 11) is 0. The lowest BCUT2D eigenvalue weighted by molar-refractivity contribution is -0.713. The Morgan fingerprint density at radius 2 is 1.97 bits per heavy atom. The Bertz CT molecular complexity index is 1130. The monoisotopic (exact) mass is 424 g/mol. The van der Waals surface area contributed by atoms with Gasteiger partial charge in [-0.15, -0.1) is 0 Å². The molecule has 162 valence electrons. The van der Waals surface area contributed by atoms with E-state index in [2.05, 4.69) is 89.5 Å². The number of hydrogen-bond donors (Lipinski definition) is 1. The summed E-state index contributed by atoms with van der Waals surface area (Å²) < 4.78 is 4.52. The molecule has 1 fully saturated rings. The van der Waals surface area contributed by atoms with Crippen LogP contribution in [0.25, 0.3) is 11.3 Å². The van der Waals surface area contributed by atoms with Crippen LogP contribution in [0.15, 0.2) is 96.6 Å². The van der Waals surface area contributed by atoms with Crippen molar-refractivity contribution in [3.8, 4) is 11.3 Å². The summed E-state index contributed by atoms with van der Waals surface area (Å²) in [5, 5.41) is 10.2. The van der Waals surface area contributed by atoms with Gasteiger partial charge in [-0.2, -0.15) is 9.14 Å². The van der Waals surface area contributed by atoms with Crippen molar-refractivity contribution < 1.29 is 14.2 Å². The minimum atomic E-state index is -0.320. The fourth-order valence-electron chi connectivity index (χ4n) is 5.94. The van der Waals surface area contributed by atoms with Gasteiger partial charge in [-0.25, -0.2) is 0 Å². The fraction of sp³-hybridized carbons (Fsp3) is 0.310. The summed E-state index contributed by atoms with van der Waals surface area (Å²) in [4.78, 5) is 0. The number of aliphatic hydroxyl groups excluding tert-OH is 1. The molecule has 32 heavy (non-hydrogen) atoms. The van der Waals surface area contributed by atoms with Crippen molar-refractivity contribution in [3.63, 3.8) is 0 Å². The van der Waals surface area contributed by atoms with Crippen LogP contribution in [0.4, 0.5) is 0 Å². The number of rotatable bonds is 6. The van der Waals surface area contributed by atoms with Crippen molar-refractivity contribution in [1.82, 2.24) is 0 Å². The quantitative estimate of drug-likeness (QED) is 0.335. The molecule has 5 rings (SSSR count). The van der Waals surface area contributed by atoms with Crippen LogP contribution in [0, 0.1) is 0 Å². The van der Waals surface area contributed by atoms with Crippen molar-refractivity contribution in [2.75, 3.05) is 0 Å². The zero-order valence-corrected chi connectivity index (χ0v) is 18.9. The fourth-order valence-corrected chi connectivity index (χ4v) is 5.94. The molecule has 1 aromatic heterocycles. The molecular formula is C29H32N2O+2. The Morgan fingerprint density at radius 3 is 2.78 bits per heavy atom. The van der Waals surface area contributed by atoms with Crippen LogP contribution in [0.3, 0.4) is 0 Å². The lowest BCUT2D eigenvalue weighted by atomic mass is 9.93. The molecule has 3 heteroatoms. The average molecular weight is 425 g/mol. The molecular weight excluding hydrogens is 392 g/mol. The molecule has 2 aromatic rings. The highest BCUT2D eigenvalue weighted by molar-refractivity contribution is 5.68. The molecule has 2 aliphatic carbocycles. The number of aromatic nitrogens is 1. The second-order valence-electron chi connectivity index (χ2n) is 9.17. The van der Waals surface area contributed by atoms with Crippen molar-refractivity contribution in [2.24, 2.45) is 0 Å². The SMILES string of the molecule is C=C(/C=C\CC1=C(O)CCCC1)C1([N+](=C)/C=C\C)C2c3ccccc3-c3cccc[n+]3C21. The normalized spacial score (nSPS) is 26.0. The molecule has 0 radical (unpaired) electrons. The first kappa shape index (κ1) is 20.7. The van der Waals surface area contributed by atoms with E-state index in [0.717, 1.165) is 31.3 Å². The number of fused-ring (bicyclic) bond motifs is 6. The highest BCUT2D eigenvalue weighted by atomic mass is 16.3. The van der Waals surface area contributed by atoms with Crippen molar-refractivity contribution in [3.05, 3.63) is 102 Å². The number of hydrogen-bond acceptors (Lipinski definition) is 1.